The number of hydrogen-bond acceptors (Lipinski definition) is 3. The molecule has 4 nitrogen and oxygen atoms in total. The first kappa shape index (κ1) is 19.2. The second-order valence-corrected chi connectivity index (χ2v) is 7.85. The van der Waals surface area contributed by atoms with E-state index in [2.05, 4.69) is 27.6 Å². The fourth-order valence-electron chi connectivity index (χ4n) is 1.59. The van der Waals surface area contributed by atoms with Crippen LogP contribution in [0, 0.1) is 0 Å². The lowest BCUT2D eigenvalue weighted by Gasteiger charge is -2.10. The smallest absolute Gasteiger partial charge is 0.243 e. The minimum atomic E-state index is -3.73. The maximum Gasteiger partial charge on any atom is 0.243 e. The standard InChI is InChI=1S/C13H18BrCl2NO3S/c1-2-3-6-20-7-4-5-17-21(18,19)13-11(15)8-10(14)9-12(13)16/h8-9,17H,2-7H2,1H3. The second-order valence-electron chi connectivity index (χ2n) is 4.42. The van der Waals surface area contributed by atoms with E-state index in [0.29, 0.717) is 24.1 Å². The van der Waals surface area contributed by atoms with Gasteiger partial charge in [0.1, 0.15) is 4.90 Å². The van der Waals surface area contributed by atoms with Crippen LogP contribution in [0.1, 0.15) is 26.2 Å². The fourth-order valence-corrected chi connectivity index (χ4v) is 4.59. The van der Waals surface area contributed by atoms with Gasteiger partial charge in [-0.05, 0) is 25.0 Å². The largest absolute Gasteiger partial charge is 0.381 e. The summed E-state index contributed by atoms with van der Waals surface area (Å²) in [5.74, 6) is 0. The van der Waals surface area contributed by atoms with Crippen LogP contribution in [0.25, 0.3) is 0 Å². The highest BCUT2D eigenvalue weighted by Gasteiger charge is 2.21. The van der Waals surface area contributed by atoms with Gasteiger partial charge in [0.15, 0.2) is 0 Å². The van der Waals surface area contributed by atoms with E-state index in [-0.39, 0.29) is 21.5 Å². The van der Waals surface area contributed by atoms with Gasteiger partial charge >= 0.3 is 0 Å². The lowest BCUT2D eigenvalue weighted by molar-refractivity contribution is 0.130. The molecule has 120 valence electrons. The Morgan fingerprint density at radius 3 is 2.33 bits per heavy atom. The van der Waals surface area contributed by atoms with E-state index in [0.717, 1.165) is 12.8 Å². The van der Waals surface area contributed by atoms with E-state index in [4.69, 9.17) is 27.9 Å². The van der Waals surface area contributed by atoms with Crippen LogP contribution in [-0.4, -0.2) is 28.2 Å². The average Bonchev–Trinajstić information content (AvgIpc) is 2.35. The van der Waals surface area contributed by atoms with Crippen molar-refractivity contribution in [2.75, 3.05) is 19.8 Å². The summed E-state index contributed by atoms with van der Waals surface area (Å²) in [7, 11) is -3.73. The summed E-state index contributed by atoms with van der Waals surface area (Å²) >= 11 is 15.1. The molecule has 8 heteroatoms. The van der Waals surface area contributed by atoms with Gasteiger partial charge in [-0.3, -0.25) is 0 Å². The Balaban J connectivity index is 2.55. The van der Waals surface area contributed by atoms with E-state index < -0.39 is 10.0 Å². The molecule has 21 heavy (non-hydrogen) atoms. The number of unbranched alkanes of at least 4 members (excludes halogenated alkanes) is 1. The van der Waals surface area contributed by atoms with Gasteiger partial charge < -0.3 is 4.74 Å². The second kappa shape index (κ2) is 9.33. The van der Waals surface area contributed by atoms with Crippen molar-refractivity contribution in [3.63, 3.8) is 0 Å². The van der Waals surface area contributed by atoms with Crippen LogP contribution in [0.5, 0.6) is 0 Å². The van der Waals surface area contributed by atoms with Crippen LogP contribution in [-0.2, 0) is 14.8 Å². The maximum absolute atomic E-state index is 12.2. The molecule has 0 aliphatic carbocycles. The third-order valence-electron chi connectivity index (χ3n) is 2.63. The Bertz CT molecular complexity index is 544. The molecular weight excluding hydrogens is 401 g/mol. The van der Waals surface area contributed by atoms with Gasteiger partial charge in [-0.1, -0.05) is 52.5 Å². The summed E-state index contributed by atoms with van der Waals surface area (Å²) < 4.78 is 32.8. The van der Waals surface area contributed by atoms with E-state index in [1.54, 1.807) is 0 Å². The number of benzene rings is 1. The summed E-state index contributed by atoms with van der Waals surface area (Å²) in [6.45, 7) is 3.58. The molecule has 1 rings (SSSR count). The normalized spacial score (nSPS) is 11.8. The maximum atomic E-state index is 12.2. The third-order valence-corrected chi connectivity index (χ3v) is 5.47. The summed E-state index contributed by atoms with van der Waals surface area (Å²) in [6, 6.07) is 2.99. The molecule has 0 radical (unpaired) electrons. The number of ether oxygens (including phenoxy) is 1. The van der Waals surface area contributed by atoms with Crippen molar-refractivity contribution in [3.8, 4) is 0 Å². The van der Waals surface area contributed by atoms with Crippen molar-refractivity contribution in [3.05, 3.63) is 26.7 Å². The highest BCUT2D eigenvalue weighted by molar-refractivity contribution is 9.10. The lowest BCUT2D eigenvalue weighted by Crippen LogP contribution is -2.26. The summed E-state index contributed by atoms with van der Waals surface area (Å²) in [5, 5.41) is 0.169. The molecule has 0 aliphatic rings. The van der Waals surface area contributed by atoms with Crippen LogP contribution in [0.3, 0.4) is 0 Å². The molecule has 0 saturated carbocycles. The predicted octanol–water partition coefficient (Wildman–Crippen LogP) is 4.24. The Morgan fingerprint density at radius 1 is 1.19 bits per heavy atom. The van der Waals surface area contributed by atoms with E-state index >= 15 is 0 Å². The molecule has 0 aromatic heterocycles. The molecule has 0 saturated heterocycles. The molecule has 0 aliphatic heterocycles. The Labute approximate surface area is 144 Å². The minimum Gasteiger partial charge on any atom is -0.381 e. The molecule has 0 unspecified atom stereocenters. The van der Waals surface area contributed by atoms with Gasteiger partial charge in [-0.2, -0.15) is 0 Å². The Hall–Kier alpha value is 0.150. The number of nitrogens with one attached hydrogen (secondary N) is 1. The van der Waals surface area contributed by atoms with Crippen molar-refractivity contribution in [1.29, 1.82) is 0 Å². The quantitative estimate of drug-likeness (QED) is 0.610. The predicted molar refractivity (Wildman–Crippen MR) is 89.7 cm³/mol. The van der Waals surface area contributed by atoms with Crippen LogP contribution in [0.2, 0.25) is 10.0 Å². The van der Waals surface area contributed by atoms with Gasteiger partial charge in [0.05, 0.1) is 10.0 Å². The van der Waals surface area contributed by atoms with Crippen molar-refractivity contribution >= 4 is 49.2 Å². The summed E-state index contributed by atoms with van der Waals surface area (Å²) in [4.78, 5) is -0.0964. The van der Waals surface area contributed by atoms with E-state index in [9.17, 15) is 8.42 Å². The van der Waals surface area contributed by atoms with Crippen molar-refractivity contribution in [1.82, 2.24) is 4.72 Å². The molecule has 0 bridgehead atoms. The number of hydrogen-bond donors (Lipinski definition) is 1. The topological polar surface area (TPSA) is 55.4 Å². The minimum absolute atomic E-state index is 0.0843. The molecule has 1 aromatic carbocycles. The molecular formula is C13H18BrCl2NO3S. The first-order valence-electron chi connectivity index (χ1n) is 6.60. The summed E-state index contributed by atoms with van der Waals surface area (Å²) in [6.07, 6.45) is 2.68. The number of halogens is 3. The van der Waals surface area contributed by atoms with Crippen molar-refractivity contribution in [2.45, 2.75) is 31.1 Å². The lowest BCUT2D eigenvalue weighted by atomic mass is 10.4. The molecule has 1 aromatic rings. The zero-order valence-corrected chi connectivity index (χ0v) is 15.6. The van der Waals surface area contributed by atoms with Crippen LogP contribution in [0.15, 0.2) is 21.5 Å². The van der Waals surface area contributed by atoms with Crippen LogP contribution < -0.4 is 4.72 Å². The zero-order chi connectivity index (χ0) is 15.9. The van der Waals surface area contributed by atoms with Crippen molar-refractivity contribution in [2.24, 2.45) is 0 Å². The van der Waals surface area contributed by atoms with Crippen LogP contribution in [0.4, 0.5) is 0 Å². The monoisotopic (exact) mass is 417 g/mol. The first-order chi connectivity index (χ1) is 9.88. The molecule has 1 N–H and O–H groups in total. The Morgan fingerprint density at radius 2 is 1.76 bits per heavy atom. The number of sulfonamides is 1. The Kier molecular flexibility index (Phi) is 8.52. The first-order valence-corrected chi connectivity index (χ1v) is 9.63. The molecule has 0 spiro atoms. The SMILES string of the molecule is CCCCOCCCNS(=O)(=O)c1c(Cl)cc(Br)cc1Cl. The van der Waals surface area contributed by atoms with E-state index in [1.807, 2.05) is 0 Å². The number of rotatable bonds is 9. The van der Waals surface area contributed by atoms with Gasteiger partial charge in [-0.25, -0.2) is 13.1 Å². The zero-order valence-electron chi connectivity index (χ0n) is 11.7. The highest BCUT2D eigenvalue weighted by atomic mass is 79.9. The van der Waals surface area contributed by atoms with Gasteiger partial charge in [0.25, 0.3) is 0 Å². The summed E-state index contributed by atoms with van der Waals surface area (Å²) in [5.41, 5.74) is 0. The van der Waals surface area contributed by atoms with Crippen molar-refractivity contribution < 1.29 is 13.2 Å². The van der Waals surface area contributed by atoms with E-state index in [1.165, 1.54) is 12.1 Å². The molecule has 0 heterocycles. The van der Waals surface area contributed by atoms with Gasteiger partial charge in [-0.15, -0.1) is 0 Å². The highest BCUT2D eigenvalue weighted by Crippen LogP contribution is 2.32. The molecule has 0 amide bonds. The molecule has 0 atom stereocenters. The third kappa shape index (κ3) is 6.42. The fraction of sp³-hybridized carbons (Fsp3) is 0.538. The van der Waals surface area contributed by atoms with Crippen LogP contribution >= 0.6 is 39.1 Å². The van der Waals surface area contributed by atoms with Gasteiger partial charge in [0.2, 0.25) is 10.0 Å². The van der Waals surface area contributed by atoms with Gasteiger partial charge in [0, 0.05) is 24.2 Å². The average molecular weight is 419 g/mol. The molecule has 0 fully saturated rings.